The highest BCUT2D eigenvalue weighted by Gasteiger charge is 2.12. The second-order valence-corrected chi connectivity index (χ2v) is 7.00. The van der Waals surface area contributed by atoms with Gasteiger partial charge in [0.2, 0.25) is 0 Å². The van der Waals surface area contributed by atoms with E-state index < -0.39 is 0 Å². The first-order valence-electron chi connectivity index (χ1n) is 8.42. The first-order chi connectivity index (χ1) is 12.6. The molecule has 2 aromatic carbocycles. The van der Waals surface area contributed by atoms with Crippen LogP contribution in [-0.4, -0.2) is 9.53 Å². The van der Waals surface area contributed by atoms with Gasteiger partial charge in [0.25, 0.3) is 0 Å². The second-order valence-electron chi connectivity index (χ2n) is 6.34. The minimum Gasteiger partial charge on any atom is -0.361 e. The van der Waals surface area contributed by atoms with E-state index in [4.69, 9.17) is 4.52 Å². The number of nitrogens with one attached hydrogen (secondary N) is 1. The van der Waals surface area contributed by atoms with Gasteiger partial charge in [-0.05, 0) is 67.2 Å². The Kier molecular flexibility index (Phi) is 4.31. The highest BCUT2D eigenvalue weighted by Crippen LogP contribution is 2.32. The summed E-state index contributed by atoms with van der Waals surface area (Å²) < 4.78 is 9.47. The Morgan fingerprint density at radius 3 is 2.35 bits per heavy atom. The molecule has 5 heteroatoms. The van der Waals surface area contributed by atoms with Crippen LogP contribution in [-0.2, 0) is 0 Å². The van der Waals surface area contributed by atoms with E-state index in [0.717, 1.165) is 39.5 Å². The lowest BCUT2D eigenvalue weighted by Crippen LogP contribution is -1.94. The van der Waals surface area contributed by atoms with Crippen molar-refractivity contribution in [1.82, 2.24) is 9.53 Å². The van der Waals surface area contributed by atoms with Gasteiger partial charge in [0.1, 0.15) is 5.76 Å². The van der Waals surface area contributed by atoms with Crippen molar-refractivity contribution < 1.29 is 4.52 Å². The van der Waals surface area contributed by atoms with Gasteiger partial charge in [0, 0.05) is 34.1 Å². The Labute approximate surface area is 156 Å². The molecule has 0 amide bonds. The molecule has 0 aliphatic rings. The number of benzene rings is 2. The molecule has 2 aromatic heterocycles. The van der Waals surface area contributed by atoms with Crippen molar-refractivity contribution in [2.45, 2.75) is 20.8 Å². The van der Waals surface area contributed by atoms with E-state index in [9.17, 15) is 0 Å². The molecule has 0 unspecified atom stereocenters. The lowest BCUT2D eigenvalue weighted by atomic mass is 10.0. The fraction of sp³-hybridized carbons (Fsp3) is 0.143. The highest BCUT2D eigenvalue weighted by atomic mass is 32.1. The van der Waals surface area contributed by atoms with E-state index in [1.54, 1.807) is 0 Å². The van der Waals surface area contributed by atoms with E-state index in [0.29, 0.717) is 0 Å². The molecule has 1 N–H and O–H groups in total. The Hall–Kier alpha value is -2.92. The Balaban J connectivity index is 1.63. The number of anilines is 2. The summed E-state index contributed by atoms with van der Waals surface area (Å²) in [6, 6.07) is 14.8. The van der Waals surface area contributed by atoms with Crippen molar-refractivity contribution >= 4 is 22.9 Å². The summed E-state index contributed by atoms with van der Waals surface area (Å²) in [5.41, 5.74) is 8.72. The predicted molar refractivity (Wildman–Crippen MR) is 107 cm³/mol. The maximum Gasteiger partial charge on any atom is 0.141 e. The standard InChI is InChI=1S/C21H19N3OS/c1-13-4-5-17(21-14(2)24-25-15(21)3)10-20(13)23-19-8-6-16(7-9-19)18-11-22-26-12-18/h4-12,23H,1-3H3. The number of aromatic nitrogens is 2. The van der Waals surface area contributed by atoms with Crippen LogP contribution in [0, 0.1) is 20.8 Å². The lowest BCUT2D eigenvalue weighted by molar-refractivity contribution is 0.393. The third-order valence-corrected chi connectivity index (χ3v) is 5.08. The summed E-state index contributed by atoms with van der Waals surface area (Å²) in [5, 5.41) is 9.64. The summed E-state index contributed by atoms with van der Waals surface area (Å²) in [4.78, 5) is 0. The molecule has 0 saturated heterocycles. The van der Waals surface area contributed by atoms with E-state index in [1.807, 2.05) is 20.0 Å². The summed E-state index contributed by atoms with van der Waals surface area (Å²) in [6.45, 7) is 6.02. The van der Waals surface area contributed by atoms with Crippen molar-refractivity contribution in [1.29, 1.82) is 0 Å². The van der Waals surface area contributed by atoms with Crippen molar-refractivity contribution in [3.05, 3.63) is 71.1 Å². The van der Waals surface area contributed by atoms with Crippen molar-refractivity contribution in [2.24, 2.45) is 0 Å². The Morgan fingerprint density at radius 2 is 1.69 bits per heavy atom. The molecule has 0 aliphatic heterocycles. The van der Waals surface area contributed by atoms with Gasteiger partial charge in [-0.3, -0.25) is 0 Å². The minimum atomic E-state index is 0.839. The average Bonchev–Trinajstić information content (AvgIpc) is 3.28. The SMILES string of the molecule is Cc1ccc(-c2c(C)noc2C)cc1Nc1ccc(-c2cnsc2)cc1. The van der Waals surface area contributed by atoms with Gasteiger partial charge >= 0.3 is 0 Å². The normalized spacial score (nSPS) is 10.9. The molecule has 4 aromatic rings. The number of hydrogen-bond acceptors (Lipinski definition) is 5. The molecule has 0 aliphatic carbocycles. The smallest absolute Gasteiger partial charge is 0.141 e. The van der Waals surface area contributed by atoms with Crippen LogP contribution >= 0.6 is 11.5 Å². The van der Waals surface area contributed by atoms with Crippen LogP contribution in [0.2, 0.25) is 0 Å². The Morgan fingerprint density at radius 1 is 0.923 bits per heavy atom. The van der Waals surface area contributed by atoms with Crippen LogP contribution in [0.1, 0.15) is 17.0 Å². The molecule has 2 heterocycles. The molecule has 4 nitrogen and oxygen atoms in total. The largest absolute Gasteiger partial charge is 0.361 e. The molecule has 0 spiro atoms. The van der Waals surface area contributed by atoms with Crippen molar-refractivity contribution in [3.8, 4) is 22.3 Å². The van der Waals surface area contributed by atoms with Gasteiger partial charge in [0.15, 0.2) is 0 Å². The minimum absolute atomic E-state index is 0.839. The molecule has 130 valence electrons. The molecule has 0 fully saturated rings. The summed E-state index contributed by atoms with van der Waals surface area (Å²) in [5.74, 6) is 0.839. The first kappa shape index (κ1) is 16.5. The van der Waals surface area contributed by atoms with E-state index in [2.05, 4.69) is 69.6 Å². The molecule has 0 atom stereocenters. The van der Waals surface area contributed by atoms with Crippen LogP contribution in [0.5, 0.6) is 0 Å². The first-order valence-corrected chi connectivity index (χ1v) is 9.26. The summed E-state index contributed by atoms with van der Waals surface area (Å²) in [7, 11) is 0. The van der Waals surface area contributed by atoms with E-state index >= 15 is 0 Å². The van der Waals surface area contributed by atoms with Gasteiger partial charge in [-0.2, -0.15) is 0 Å². The van der Waals surface area contributed by atoms with E-state index in [1.165, 1.54) is 22.7 Å². The maximum atomic E-state index is 5.31. The third kappa shape index (κ3) is 3.13. The molecule has 4 rings (SSSR count). The second kappa shape index (κ2) is 6.77. The van der Waals surface area contributed by atoms with Crippen molar-refractivity contribution in [3.63, 3.8) is 0 Å². The molecule has 0 saturated carbocycles. The number of nitrogens with zero attached hydrogens (tertiary/aromatic N) is 2. The molecular weight excluding hydrogens is 342 g/mol. The predicted octanol–water partition coefficient (Wildman–Crippen LogP) is 6.13. The van der Waals surface area contributed by atoms with Gasteiger partial charge in [-0.25, -0.2) is 4.37 Å². The zero-order valence-electron chi connectivity index (χ0n) is 14.9. The van der Waals surface area contributed by atoms with E-state index in [-0.39, 0.29) is 0 Å². The number of hydrogen-bond donors (Lipinski definition) is 1. The molecule has 26 heavy (non-hydrogen) atoms. The third-order valence-electron chi connectivity index (χ3n) is 4.49. The number of aryl methyl sites for hydroxylation is 3. The summed E-state index contributed by atoms with van der Waals surface area (Å²) in [6.07, 6.45) is 1.89. The van der Waals surface area contributed by atoms with Crippen LogP contribution in [0.15, 0.2) is 58.6 Å². The fourth-order valence-corrected chi connectivity index (χ4v) is 3.60. The Bertz CT molecular complexity index is 1010. The maximum absolute atomic E-state index is 5.31. The zero-order valence-corrected chi connectivity index (χ0v) is 15.7. The van der Waals surface area contributed by atoms with Crippen LogP contribution in [0.3, 0.4) is 0 Å². The quantitative estimate of drug-likeness (QED) is 0.475. The average molecular weight is 361 g/mol. The van der Waals surface area contributed by atoms with Gasteiger partial charge in [-0.1, -0.05) is 29.4 Å². The topological polar surface area (TPSA) is 51.0 Å². The lowest BCUT2D eigenvalue weighted by Gasteiger charge is -2.12. The van der Waals surface area contributed by atoms with Gasteiger partial charge in [-0.15, -0.1) is 0 Å². The van der Waals surface area contributed by atoms with Crippen molar-refractivity contribution in [2.75, 3.05) is 5.32 Å². The van der Waals surface area contributed by atoms with Gasteiger partial charge in [0.05, 0.1) is 5.69 Å². The van der Waals surface area contributed by atoms with Crippen LogP contribution in [0.4, 0.5) is 11.4 Å². The van der Waals surface area contributed by atoms with Gasteiger partial charge < -0.3 is 9.84 Å². The van der Waals surface area contributed by atoms with Crippen LogP contribution in [0.25, 0.3) is 22.3 Å². The fourth-order valence-electron chi connectivity index (χ4n) is 3.06. The zero-order chi connectivity index (χ0) is 18.1. The van der Waals surface area contributed by atoms with Crippen LogP contribution < -0.4 is 5.32 Å². The summed E-state index contributed by atoms with van der Waals surface area (Å²) >= 11 is 1.47. The number of rotatable bonds is 4. The molecule has 0 bridgehead atoms. The molecular formula is C21H19N3OS. The monoisotopic (exact) mass is 361 g/mol. The molecule has 0 radical (unpaired) electrons. The highest BCUT2D eigenvalue weighted by molar-refractivity contribution is 7.03.